The molecular weight excluding hydrogens is 438 g/mol. The van der Waals surface area contributed by atoms with Gasteiger partial charge < -0.3 is 14.1 Å². The van der Waals surface area contributed by atoms with Gasteiger partial charge in [-0.25, -0.2) is 0 Å². The predicted molar refractivity (Wildman–Crippen MR) is 125 cm³/mol. The maximum atomic E-state index is 12.8. The highest BCUT2D eigenvalue weighted by molar-refractivity contribution is 7.13. The van der Waals surface area contributed by atoms with Crippen LogP contribution in [0.25, 0.3) is 10.8 Å². The Labute approximate surface area is 195 Å². The average Bonchev–Trinajstić information content (AvgIpc) is 3.55. The molecule has 0 fully saturated rings. The number of amides is 1. The maximum Gasteiger partial charge on any atom is 0.260 e. The first-order valence-corrected chi connectivity index (χ1v) is 11.5. The Morgan fingerprint density at radius 1 is 0.970 bits per heavy atom. The van der Waals surface area contributed by atoms with Crippen molar-refractivity contribution < 1.29 is 18.7 Å². The molecule has 168 valence electrons. The number of thiophene rings is 1. The van der Waals surface area contributed by atoms with E-state index in [1.165, 1.54) is 11.3 Å². The standard InChI is InChI=1S/C25H23N3O4S/c1-2-14-28(16-22-26-27-25(32-22)21-9-6-15-33-21)23(29)17-31-20-12-10-19(11-13-20)24(30)18-7-4-3-5-8-18/h3-13,15H,2,14,16-17H2,1H3. The number of rotatable bonds is 10. The molecule has 7 nitrogen and oxygen atoms in total. The van der Waals surface area contributed by atoms with Crippen molar-refractivity contribution in [1.29, 1.82) is 0 Å². The summed E-state index contributed by atoms with van der Waals surface area (Å²) in [6.07, 6.45) is 0.786. The topological polar surface area (TPSA) is 85.5 Å². The van der Waals surface area contributed by atoms with E-state index in [-0.39, 0.29) is 24.8 Å². The van der Waals surface area contributed by atoms with E-state index in [4.69, 9.17) is 9.15 Å². The fourth-order valence-corrected chi connectivity index (χ4v) is 3.88. The van der Waals surface area contributed by atoms with E-state index >= 15 is 0 Å². The normalized spacial score (nSPS) is 10.7. The molecule has 2 aromatic carbocycles. The van der Waals surface area contributed by atoms with E-state index in [0.717, 1.165) is 11.3 Å². The Balaban J connectivity index is 1.34. The van der Waals surface area contributed by atoms with Crippen LogP contribution in [0.2, 0.25) is 0 Å². The van der Waals surface area contributed by atoms with Crippen LogP contribution in [0.3, 0.4) is 0 Å². The molecule has 4 rings (SSSR count). The van der Waals surface area contributed by atoms with Gasteiger partial charge in [-0.3, -0.25) is 9.59 Å². The van der Waals surface area contributed by atoms with E-state index in [0.29, 0.717) is 35.2 Å². The number of hydrogen-bond acceptors (Lipinski definition) is 7. The number of ether oxygens (including phenoxy) is 1. The van der Waals surface area contributed by atoms with E-state index in [9.17, 15) is 9.59 Å². The zero-order valence-electron chi connectivity index (χ0n) is 18.1. The maximum absolute atomic E-state index is 12.8. The molecule has 0 aliphatic rings. The number of ketones is 1. The van der Waals surface area contributed by atoms with Crippen molar-refractivity contribution >= 4 is 23.0 Å². The minimum Gasteiger partial charge on any atom is -0.484 e. The Hall–Kier alpha value is -3.78. The first-order chi connectivity index (χ1) is 16.1. The summed E-state index contributed by atoms with van der Waals surface area (Å²) in [5.74, 6) is 1.10. The zero-order valence-corrected chi connectivity index (χ0v) is 19.0. The van der Waals surface area contributed by atoms with Crippen LogP contribution < -0.4 is 4.74 Å². The number of nitrogens with zero attached hydrogens (tertiary/aromatic N) is 3. The van der Waals surface area contributed by atoms with Gasteiger partial charge in [-0.1, -0.05) is 43.3 Å². The van der Waals surface area contributed by atoms with Crippen LogP contribution in [-0.4, -0.2) is 39.9 Å². The highest BCUT2D eigenvalue weighted by atomic mass is 32.1. The van der Waals surface area contributed by atoms with Crippen molar-refractivity contribution in [3.05, 3.63) is 89.1 Å². The Bertz CT molecular complexity index is 1190. The second kappa shape index (κ2) is 10.7. The van der Waals surface area contributed by atoms with Gasteiger partial charge in [0, 0.05) is 17.7 Å². The van der Waals surface area contributed by atoms with Gasteiger partial charge in [0.05, 0.1) is 11.4 Å². The Morgan fingerprint density at radius 2 is 1.73 bits per heavy atom. The van der Waals surface area contributed by atoms with E-state index in [2.05, 4.69) is 10.2 Å². The molecule has 0 radical (unpaired) electrons. The van der Waals surface area contributed by atoms with Gasteiger partial charge in [-0.05, 0) is 42.1 Å². The summed E-state index contributed by atoms with van der Waals surface area (Å²) in [5.41, 5.74) is 1.19. The highest BCUT2D eigenvalue weighted by Crippen LogP contribution is 2.23. The first-order valence-electron chi connectivity index (χ1n) is 10.6. The van der Waals surface area contributed by atoms with Crippen LogP contribution in [0.1, 0.15) is 35.2 Å². The van der Waals surface area contributed by atoms with Gasteiger partial charge in [-0.15, -0.1) is 21.5 Å². The molecule has 0 saturated heterocycles. The van der Waals surface area contributed by atoms with Gasteiger partial charge in [0.1, 0.15) is 5.75 Å². The number of carbonyl (C=O) groups excluding carboxylic acids is 2. The summed E-state index contributed by atoms with van der Waals surface area (Å²) in [5, 5.41) is 10.1. The van der Waals surface area contributed by atoms with Crippen LogP contribution in [0.5, 0.6) is 5.75 Å². The van der Waals surface area contributed by atoms with Gasteiger partial charge in [0.15, 0.2) is 12.4 Å². The van der Waals surface area contributed by atoms with E-state index in [1.807, 2.05) is 42.6 Å². The second-order valence-corrected chi connectivity index (χ2v) is 8.25. The molecule has 0 aliphatic carbocycles. The Morgan fingerprint density at radius 3 is 2.42 bits per heavy atom. The van der Waals surface area contributed by atoms with Crippen LogP contribution in [0.15, 0.2) is 76.5 Å². The summed E-state index contributed by atoms with van der Waals surface area (Å²) in [7, 11) is 0. The van der Waals surface area contributed by atoms with Gasteiger partial charge in [0.25, 0.3) is 11.8 Å². The quantitative estimate of drug-likeness (QED) is 0.314. The van der Waals surface area contributed by atoms with Crippen molar-refractivity contribution in [3.8, 4) is 16.5 Å². The molecule has 0 atom stereocenters. The lowest BCUT2D eigenvalue weighted by Crippen LogP contribution is -2.35. The fourth-order valence-electron chi connectivity index (χ4n) is 3.24. The minimum atomic E-state index is -0.183. The molecule has 8 heteroatoms. The third-order valence-corrected chi connectivity index (χ3v) is 5.74. The van der Waals surface area contributed by atoms with Crippen molar-refractivity contribution in [2.75, 3.05) is 13.2 Å². The lowest BCUT2D eigenvalue weighted by molar-refractivity contribution is -0.134. The number of benzene rings is 2. The van der Waals surface area contributed by atoms with Crippen LogP contribution in [-0.2, 0) is 11.3 Å². The van der Waals surface area contributed by atoms with Gasteiger partial charge in [-0.2, -0.15) is 0 Å². The second-order valence-electron chi connectivity index (χ2n) is 7.30. The lowest BCUT2D eigenvalue weighted by Gasteiger charge is -2.20. The molecule has 0 unspecified atom stereocenters. The molecule has 0 spiro atoms. The largest absolute Gasteiger partial charge is 0.484 e. The van der Waals surface area contributed by atoms with Gasteiger partial charge >= 0.3 is 0 Å². The number of carbonyl (C=O) groups is 2. The van der Waals surface area contributed by atoms with Crippen molar-refractivity contribution in [1.82, 2.24) is 15.1 Å². The smallest absolute Gasteiger partial charge is 0.260 e. The van der Waals surface area contributed by atoms with Crippen molar-refractivity contribution in [2.45, 2.75) is 19.9 Å². The number of hydrogen-bond donors (Lipinski definition) is 0. The molecule has 0 N–H and O–H groups in total. The molecule has 0 saturated carbocycles. The first kappa shape index (κ1) is 22.4. The molecule has 33 heavy (non-hydrogen) atoms. The summed E-state index contributed by atoms with van der Waals surface area (Å²) in [6.45, 7) is 2.63. The van der Waals surface area contributed by atoms with Crippen molar-refractivity contribution in [2.24, 2.45) is 0 Å². The van der Waals surface area contributed by atoms with Crippen LogP contribution in [0.4, 0.5) is 0 Å². The molecule has 2 aromatic heterocycles. The minimum absolute atomic E-state index is 0.0613. The molecule has 2 heterocycles. The van der Waals surface area contributed by atoms with Crippen molar-refractivity contribution in [3.63, 3.8) is 0 Å². The van der Waals surface area contributed by atoms with Crippen LogP contribution >= 0.6 is 11.3 Å². The number of aromatic nitrogens is 2. The third-order valence-electron chi connectivity index (χ3n) is 4.89. The predicted octanol–water partition coefficient (Wildman–Crippen LogP) is 4.85. The summed E-state index contributed by atoms with van der Waals surface area (Å²) in [4.78, 5) is 27.8. The summed E-state index contributed by atoms with van der Waals surface area (Å²) >= 11 is 1.51. The summed E-state index contributed by atoms with van der Waals surface area (Å²) < 4.78 is 11.4. The monoisotopic (exact) mass is 461 g/mol. The molecule has 4 aromatic rings. The fraction of sp³-hybridized carbons (Fsp3) is 0.200. The molecule has 0 bridgehead atoms. The van der Waals surface area contributed by atoms with E-state index in [1.54, 1.807) is 41.3 Å². The van der Waals surface area contributed by atoms with Gasteiger partial charge in [0.2, 0.25) is 5.89 Å². The third kappa shape index (κ3) is 5.72. The average molecular weight is 462 g/mol. The lowest BCUT2D eigenvalue weighted by atomic mass is 10.0. The highest BCUT2D eigenvalue weighted by Gasteiger charge is 2.18. The molecule has 1 amide bonds. The molecular formula is C25H23N3O4S. The Kier molecular flexibility index (Phi) is 7.26. The zero-order chi connectivity index (χ0) is 23.0. The van der Waals surface area contributed by atoms with E-state index < -0.39 is 0 Å². The van der Waals surface area contributed by atoms with Crippen LogP contribution in [0, 0.1) is 0 Å². The summed E-state index contributed by atoms with van der Waals surface area (Å²) in [6, 6.07) is 19.7. The SMILES string of the molecule is CCCN(Cc1nnc(-c2cccs2)o1)C(=O)COc1ccc(C(=O)c2ccccc2)cc1. The molecule has 0 aliphatic heterocycles.